The lowest BCUT2D eigenvalue weighted by molar-refractivity contribution is -0.153. The topological polar surface area (TPSA) is 12.5 Å². The van der Waals surface area contributed by atoms with E-state index in [1.54, 1.807) is 11.3 Å². The van der Waals surface area contributed by atoms with Gasteiger partial charge in [-0.1, -0.05) is 43.5 Å². The molecule has 0 fully saturated rings. The summed E-state index contributed by atoms with van der Waals surface area (Å²) < 4.78 is 0. The lowest BCUT2D eigenvalue weighted by Crippen LogP contribution is -2.45. The Morgan fingerprint density at radius 1 is 1.64 bits per heavy atom. The fourth-order valence-electron chi connectivity index (χ4n) is 1.54. The highest BCUT2D eigenvalue weighted by Gasteiger charge is 2.40. The summed E-state index contributed by atoms with van der Waals surface area (Å²) in [6.07, 6.45) is 2.62. The number of halogens is 2. The van der Waals surface area contributed by atoms with Gasteiger partial charge in [0.05, 0.1) is 11.1 Å². The molecule has 1 heterocycles. The summed E-state index contributed by atoms with van der Waals surface area (Å²) in [7, 11) is 0. The van der Waals surface area contributed by atoms with Crippen LogP contribution in [0.3, 0.4) is 0 Å². The number of alkyl halides is 1. The first-order chi connectivity index (χ1) is 6.38. The number of nitrogens with zero attached hydrogens (tertiary/aromatic N) is 1. The van der Waals surface area contributed by atoms with E-state index in [-0.39, 0.29) is 6.04 Å². The maximum absolute atomic E-state index is 6.21. The predicted molar refractivity (Wildman–Crippen MR) is 60.0 cm³/mol. The minimum Gasteiger partial charge on any atom is -0.410 e. The van der Waals surface area contributed by atoms with Crippen LogP contribution in [0.25, 0.3) is 0 Å². The second-order valence-corrected chi connectivity index (χ2v) is 5.54. The van der Waals surface area contributed by atoms with Gasteiger partial charge in [0.1, 0.15) is 11.3 Å². The van der Waals surface area contributed by atoms with Gasteiger partial charge in [0.25, 0.3) is 0 Å². The van der Waals surface area contributed by atoms with Crippen LogP contribution in [0.1, 0.15) is 34.1 Å². The number of hydrogen-bond acceptors (Lipinski definition) is 2. The zero-order chi connectivity index (χ0) is 10.9. The van der Waals surface area contributed by atoms with E-state index in [4.69, 9.17) is 28.0 Å². The van der Waals surface area contributed by atoms with Crippen molar-refractivity contribution < 1.29 is 4.84 Å². The zero-order valence-corrected chi connectivity index (χ0v) is 10.6. The highest BCUT2D eigenvalue weighted by molar-refractivity contribution is 6.30. The van der Waals surface area contributed by atoms with Gasteiger partial charge in [-0.05, 0) is 19.8 Å². The van der Waals surface area contributed by atoms with E-state index in [1.807, 2.05) is 13.8 Å². The third-order valence-corrected chi connectivity index (χ3v) is 3.00. The lowest BCUT2D eigenvalue weighted by Gasteiger charge is -2.35. The molecule has 1 aliphatic rings. The molecule has 0 aromatic carbocycles. The summed E-state index contributed by atoms with van der Waals surface area (Å²) in [5.74, 6) is 0.430. The first kappa shape index (κ1) is 12.2. The SMILES string of the molecule is CCC(C)C1C(Cl)=CON1C(C)(C)Cl. The summed E-state index contributed by atoms with van der Waals surface area (Å²) in [5.41, 5.74) is 0. The molecule has 2 nitrogen and oxygen atoms in total. The second-order valence-electron chi connectivity index (χ2n) is 4.17. The quantitative estimate of drug-likeness (QED) is 0.549. The Labute approximate surface area is 95.8 Å². The van der Waals surface area contributed by atoms with Gasteiger partial charge >= 0.3 is 0 Å². The normalized spacial score (nSPS) is 25.9. The Bertz CT molecular complexity index is 235. The minimum absolute atomic E-state index is 0.0779. The van der Waals surface area contributed by atoms with Gasteiger partial charge in [0, 0.05) is 0 Å². The van der Waals surface area contributed by atoms with Crippen molar-refractivity contribution in [1.82, 2.24) is 5.06 Å². The minimum atomic E-state index is -0.540. The predicted octanol–water partition coefficient (Wildman–Crippen LogP) is 3.70. The summed E-state index contributed by atoms with van der Waals surface area (Å²) in [5, 5.41) is 2.48. The molecular weight excluding hydrogens is 221 g/mol. The van der Waals surface area contributed by atoms with Gasteiger partial charge in [0.15, 0.2) is 0 Å². The average molecular weight is 238 g/mol. The molecular formula is C10H17Cl2NO. The first-order valence-corrected chi connectivity index (χ1v) is 5.64. The second kappa shape index (κ2) is 4.30. The van der Waals surface area contributed by atoms with Crippen LogP contribution in [0.5, 0.6) is 0 Å². The van der Waals surface area contributed by atoms with E-state index in [1.165, 1.54) is 0 Å². The molecule has 0 N–H and O–H groups in total. The van der Waals surface area contributed by atoms with Crippen LogP contribution in [0.15, 0.2) is 11.3 Å². The molecule has 0 aliphatic carbocycles. The summed E-state index contributed by atoms with van der Waals surface area (Å²) in [6, 6.07) is 0.0779. The van der Waals surface area contributed by atoms with E-state index in [9.17, 15) is 0 Å². The van der Waals surface area contributed by atoms with E-state index >= 15 is 0 Å². The molecule has 2 atom stereocenters. The third-order valence-electron chi connectivity index (χ3n) is 2.52. The molecule has 0 aromatic heterocycles. The maximum atomic E-state index is 6.21. The van der Waals surface area contributed by atoms with Crippen LogP contribution in [-0.2, 0) is 4.84 Å². The smallest absolute Gasteiger partial charge is 0.128 e. The molecule has 2 unspecified atom stereocenters. The molecule has 82 valence electrons. The number of rotatable bonds is 3. The van der Waals surface area contributed by atoms with Crippen LogP contribution in [0.2, 0.25) is 0 Å². The largest absolute Gasteiger partial charge is 0.410 e. The zero-order valence-electron chi connectivity index (χ0n) is 9.05. The summed E-state index contributed by atoms with van der Waals surface area (Å²) >= 11 is 12.3. The molecule has 0 amide bonds. The molecule has 0 saturated carbocycles. The van der Waals surface area contributed by atoms with Gasteiger partial charge in [-0.25, -0.2) is 0 Å². The van der Waals surface area contributed by atoms with E-state index < -0.39 is 5.00 Å². The van der Waals surface area contributed by atoms with Gasteiger partial charge < -0.3 is 4.84 Å². The van der Waals surface area contributed by atoms with Crippen molar-refractivity contribution in [2.24, 2.45) is 5.92 Å². The van der Waals surface area contributed by atoms with Crippen LogP contribution < -0.4 is 0 Å². The highest BCUT2D eigenvalue weighted by Crippen LogP contribution is 2.36. The Balaban J connectivity index is 2.82. The molecule has 0 spiro atoms. The van der Waals surface area contributed by atoms with Crippen molar-refractivity contribution >= 4 is 23.2 Å². The van der Waals surface area contributed by atoms with Crippen molar-refractivity contribution in [1.29, 1.82) is 0 Å². The van der Waals surface area contributed by atoms with Crippen molar-refractivity contribution in [3.8, 4) is 0 Å². The van der Waals surface area contributed by atoms with Gasteiger partial charge in [-0.15, -0.1) is 5.06 Å². The lowest BCUT2D eigenvalue weighted by atomic mass is 9.98. The Morgan fingerprint density at radius 3 is 2.64 bits per heavy atom. The van der Waals surface area contributed by atoms with Crippen molar-refractivity contribution in [3.05, 3.63) is 11.3 Å². The molecule has 4 heteroatoms. The fraction of sp³-hybridized carbons (Fsp3) is 0.800. The van der Waals surface area contributed by atoms with Gasteiger partial charge in [-0.2, -0.15) is 0 Å². The Kier molecular flexibility index (Phi) is 3.73. The first-order valence-electron chi connectivity index (χ1n) is 4.88. The number of hydroxylamine groups is 2. The Morgan fingerprint density at radius 2 is 2.21 bits per heavy atom. The molecule has 0 bridgehead atoms. The monoisotopic (exact) mass is 237 g/mol. The fourth-order valence-corrected chi connectivity index (χ4v) is 2.03. The van der Waals surface area contributed by atoms with E-state index in [2.05, 4.69) is 13.8 Å². The molecule has 1 rings (SSSR count). The summed E-state index contributed by atoms with van der Waals surface area (Å²) in [6.45, 7) is 8.07. The van der Waals surface area contributed by atoms with Crippen molar-refractivity contribution in [3.63, 3.8) is 0 Å². The van der Waals surface area contributed by atoms with Crippen LogP contribution in [0.4, 0.5) is 0 Å². The highest BCUT2D eigenvalue weighted by atomic mass is 35.5. The van der Waals surface area contributed by atoms with Crippen molar-refractivity contribution in [2.75, 3.05) is 0 Å². The molecule has 14 heavy (non-hydrogen) atoms. The van der Waals surface area contributed by atoms with E-state index in [0.29, 0.717) is 5.92 Å². The average Bonchev–Trinajstić information content (AvgIpc) is 2.45. The van der Waals surface area contributed by atoms with Crippen LogP contribution in [-0.4, -0.2) is 16.1 Å². The Hall–Kier alpha value is 0.0800. The molecule has 0 saturated heterocycles. The molecule has 0 radical (unpaired) electrons. The van der Waals surface area contributed by atoms with Crippen LogP contribution in [0, 0.1) is 5.92 Å². The third kappa shape index (κ3) is 2.36. The van der Waals surface area contributed by atoms with E-state index in [0.717, 1.165) is 11.5 Å². The van der Waals surface area contributed by atoms with Crippen LogP contribution >= 0.6 is 23.2 Å². The van der Waals surface area contributed by atoms with Crippen molar-refractivity contribution in [2.45, 2.75) is 45.2 Å². The molecule has 1 aliphatic heterocycles. The maximum Gasteiger partial charge on any atom is 0.128 e. The molecule has 0 aromatic rings. The number of hydrogen-bond donors (Lipinski definition) is 0. The van der Waals surface area contributed by atoms with Gasteiger partial charge in [0.2, 0.25) is 0 Å². The van der Waals surface area contributed by atoms with Gasteiger partial charge in [-0.3, -0.25) is 0 Å². The summed E-state index contributed by atoms with van der Waals surface area (Å²) in [4.78, 5) is 4.83. The standard InChI is InChI=1S/C10H17Cl2NO/c1-5-7(2)9-8(11)6-14-13(9)10(3,4)12/h6-7,9H,5H2,1-4H3.